The number of nitrogens with zero attached hydrogens (tertiary/aromatic N) is 1. The molecule has 0 saturated carbocycles. The number of hydrogen-bond donors (Lipinski definition) is 1. The summed E-state index contributed by atoms with van der Waals surface area (Å²) in [6.07, 6.45) is 1.87. The van der Waals surface area contributed by atoms with Gasteiger partial charge in [0.1, 0.15) is 6.61 Å². The Bertz CT molecular complexity index is 460. The summed E-state index contributed by atoms with van der Waals surface area (Å²) in [5, 5.41) is 3.30. The number of aromatic nitrogens is 1. The van der Waals surface area contributed by atoms with E-state index >= 15 is 0 Å². The summed E-state index contributed by atoms with van der Waals surface area (Å²) in [6, 6.07) is 7.65. The third-order valence-corrected chi connectivity index (χ3v) is 3.17. The highest BCUT2D eigenvalue weighted by atomic mass is 32.1. The van der Waals surface area contributed by atoms with E-state index in [1.165, 1.54) is 4.88 Å². The molecule has 0 radical (unpaired) electrons. The van der Waals surface area contributed by atoms with Gasteiger partial charge in [0.15, 0.2) is 11.5 Å². The molecular weight excluding hydrogens is 248 g/mol. The maximum absolute atomic E-state index is 5.65. The van der Waals surface area contributed by atoms with Crippen LogP contribution in [0.5, 0.6) is 11.5 Å². The van der Waals surface area contributed by atoms with Crippen molar-refractivity contribution in [1.29, 1.82) is 0 Å². The molecule has 1 N–H and O–H groups in total. The molecule has 1 aromatic heterocycles. The molecule has 96 valence electrons. The molecule has 0 fully saturated rings. The monoisotopic (exact) mass is 264 g/mol. The topological polar surface area (TPSA) is 43.4 Å². The fraction of sp³-hybridized carbons (Fsp3) is 0.308. The standard InChI is InChI=1S/C13H16N2O2S/c1-16-12-4-2-3-5-13(12)17-7-6-14-8-11-9-15-10-18-11/h2-5,9-10,14H,6-8H2,1H3. The van der Waals surface area contributed by atoms with E-state index in [0.29, 0.717) is 6.61 Å². The normalized spacial score (nSPS) is 10.3. The van der Waals surface area contributed by atoms with Crippen LogP contribution in [0.2, 0.25) is 0 Å². The summed E-state index contributed by atoms with van der Waals surface area (Å²) in [6.45, 7) is 2.23. The van der Waals surface area contributed by atoms with Crippen LogP contribution in [0.4, 0.5) is 0 Å². The van der Waals surface area contributed by atoms with Crippen molar-refractivity contribution in [3.63, 3.8) is 0 Å². The molecule has 0 unspecified atom stereocenters. The van der Waals surface area contributed by atoms with Crippen molar-refractivity contribution >= 4 is 11.3 Å². The van der Waals surface area contributed by atoms with Gasteiger partial charge in [0.25, 0.3) is 0 Å². The number of rotatable bonds is 7. The third-order valence-electron chi connectivity index (χ3n) is 2.39. The molecule has 1 aromatic carbocycles. The molecule has 2 rings (SSSR count). The molecule has 2 aromatic rings. The van der Waals surface area contributed by atoms with Gasteiger partial charge in [-0.1, -0.05) is 12.1 Å². The Balaban J connectivity index is 1.69. The maximum atomic E-state index is 5.65. The lowest BCUT2D eigenvalue weighted by atomic mass is 10.3. The van der Waals surface area contributed by atoms with Crippen LogP contribution in [-0.4, -0.2) is 25.2 Å². The Morgan fingerprint density at radius 3 is 2.83 bits per heavy atom. The number of benzene rings is 1. The molecule has 0 bridgehead atoms. The van der Waals surface area contributed by atoms with Crippen LogP contribution in [0.25, 0.3) is 0 Å². The smallest absolute Gasteiger partial charge is 0.161 e. The molecule has 4 nitrogen and oxygen atoms in total. The Kier molecular flexibility index (Phi) is 4.99. The molecule has 0 aliphatic rings. The van der Waals surface area contributed by atoms with E-state index in [1.807, 2.05) is 36.0 Å². The van der Waals surface area contributed by atoms with Crippen molar-refractivity contribution < 1.29 is 9.47 Å². The second kappa shape index (κ2) is 6.98. The van der Waals surface area contributed by atoms with Gasteiger partial charge in [-0.25, -0.2) is 0 Å². The predicted molar refractivity (Wildman–Crippen MR) is 72.3 cm³/mol. The number of methoxy groups -OCH3 is 1. The molecule has 5 heteroatoms. The zero-order valence-corrected chi connectivity index (χ0v) is 11.1. The zero-order valence-electron chi connectivity index (χ0n) is 10.3. The van der Waals surface area contributed by atoms with Gasteiger partial charge >= 0.3 is 0 Å². The van der Waals surface area contributed by atoms with Gasteiger partial charge in [-0.3, -0.25) is 4.98 Å². The van der Waals surface area contributed by atoms with Crippen molar-refractivity contribution in [2.75, 3.05) is 20.3 Å². The molecular formula is C13H16N2O2S. The minimum atomic E-state index is 0.610. The fourth-order valence-corrected chi connectivity index (χ4v) is 2.08. The van der Waals surface area contributed by atoms with Crippen molar-refractivity contribution in [3.8, 4) is 11.5 Å². The zero-order chi connectivity index (χ0) is 12.6. The third kappa shape index (κ3) is 3.72. The van der Waals surface area contributed by atoms with Crippen molar-refractivity contribution in [3.05, 3.63) is 40.8 Å². The number of ether oxygens (including phenoxy) is 2. The van der Waals surface area contributed by atoms with E-state index in [-0.39, 0.29) is 0 Å². The highest BCUT2D eigenvalue weighted by Gasteiger charge is 2.01. The lowest BCUT2D eigenvalue weighted by molar-refractivity contribution is 0.292. The van der Waals surface area contributed by atoms with Crippen LogP contribution in [0, 0.1) is 0 Å². The van der Waals surface area contributed by atoms with E-state index in [1.54, 1.807) is 18.4 Å². The number of thiazole rings is 1. The summed E-state index contributed by atoms with van der Waals surface area (Å²) < 4.78 is 10.9. The van der Waals surface area contributed by atoms with E-state index in [2.05, 4.69) is 10.3 Å². The molecule has 0 amide bonds. The van der Waals surface area contributed by atoms with Crippen LogP contribution < -0.4 is 14.8 Å². The van der Waals surface area contributed by atoms with E-state index < -0.39 is 0 Å². The summed E-state index contributed by atoms with van der Waals surface area (Å²) in [5.41, 5.74) is 1.84. The van der Waals surface area contributed by atoms with Gasteiger partial charge in [-0.05, 0) is 12.1 Å². The van der Waals surface area contributed by atoms with E-state index in [4.69, 9.17) is 9.47 Å². The van der Waals surface area contributed by atoms with Crippen LogP contribution >= 0.6 is 11.3 Å². The quantitative estimate of drug-likeness (QED) is 0.779. The summed E-state index contributed by atoms with van der Waals surface area (Å²) in [5.74, 6) is 1.54. The second-order valence-corrected chi connectivity index (χ2v) is 4.61. The maximum Gasteiger partial charge on any atom is 0.161 e. The van der Waals surface area contributed by atoms with E-state index in [0.717, 1.165) is 24.6 Å². The first-order valence-electron chi connectivity index (χ1n) is 5.74. The first kappa shape index (κ1) is 12.9. The highest BCUT2D eigenvalue weighted by molar-refractivity contribution is 7.09. The van der Waals surface area contributed by atoms with Gasteiger partial charge in [-0.2, -0.15) is 0 Å². The van der Waals surface area contributed by atoms with Gasteiger partial charge in [0, 0.05) is 24.2 Å². The number of nitrogens with one attached hydrogen (secondary N) is 1. The Morgan fingerprint density at radius 1 is 1.28 bits per heavy atom. The largest absolute Gasteiger partial charge is 0.493 e. The Morgan fingerprint density at radius 2 is 2.11 bits per heavy atom. The number of para-hydroxylation sites is 2. The van der Waals surface area contributed by atoms with Crippen molar-refractivity contribution in [2.45, 2.75) is 6.54 Å². The summed E-state index contributed by atoms with van der Waals surface area (Å²) >= 11 is 1.65. The minimum Gasteiger partial charge on any atom is -0.493 e. The highest BCUT2D eigenvalue weighted by Crippen LogP contribution is 2.25. The summed E-state index contributed by atoms with van der Waals surface area (Å²) in [7, 11) is 1.64. The molecule has 0 saturated heterocycles. The molecule has 1 heterocycles. The van der Waals surface area contributed by atoms with E-state index in [9.17, 15) is 0 Å². The van der Waals surface area contributed by atoms with Gasteiger partial charge in [-0.15, -0.1) is 11.3 Å². The first-order chi connectivity index (χ1) is 8.90. The Hall–Kier alpha value is -1.59. The second-order valence-electron chi connectivity index (χ2n) is 3.64. The van der Waals surface area contributed by atoms with Crippen molar-refractivity contribution in [1.82, 2.24) is 10.3 Å². The predicted octanol–water partition coefficient (Wildman–Crippen LogP) is 2.32. The first-order valence-corrected chi connectivity index (χ1v) is 6.62. The fourth-order valence-electron chi connectivity index (χ4n) is 1.51. The number of hydrogen-bond acceptors (Lipinski definition) is 5. The van der Waals surface area contributed by atoms with Crippen LogP contribution in [0.15, 0.2) is 36.0 Å². The molecule has 0 aliphatic carbocycles. The van der Waals surface area contributed by atoms with Crippen molar-refractivity contribution in [2.24, 2.45) is 0 Å². The van der Waals surface area contributed by atoms with Crippen LogP contribution in [0.3, 0.4) is 0 Å². The van der Waals surface area contributed by atoms with Gasteiger partial charge in [0.05, 0.1) is 12.6 Å². The summed E-state index contributed by atoms with van der Waals surface area (Å²) in [4.78, 5) is 5.25. The molecule has 0 atom stereocenters. The Labute approximate surface area is 111 Å². The average molecular weight is 264 g/mol. The van der Waals surface area contributed by atoms with Crippen LogP contribution in [0.1, 0.15) is 4.88 Å². The SMILES string of the molecule is COc1ccccc1OCCNCc1cncs1. The molecule has 18 heavy (non-hydrogen) atoms. The van der Waals surface area contributed by atoms with Gasteiger partial charge < -0.3 is 14.8 Å². The molecule has 0 aliphatic heterocycles. The lowest BCUT2D eigenvalue weighted by Crippen LogP contribution is -2.20. The molecule has 0 spiro atoms. The van der Waals surface area contributed by atoms with Crippen LogP contribution in [-0.2, 0) is 6.54 Å². The minimum absolute atomic E-state index is 0.610. The average Bonchev–Trinajstić information content (AvgIpc) is 2.92. The lowest BCUT2D eigenvalue weighted by Gasteiger charge is -2.10. The van der Waals surface area contributed by atoms with Gasteiger partial charge in [0.2, 0.25) is 0 Å².